The summed E-state index contributed by atoms with van der Waals surface area (Å²) >= 11 is 1.70. The number of nitrogens with zero attached hydrogens (tertiary/aromatic N) is 1. The molecule has 2 rings (SSSR count). The van der Waals surface area contributed by atoms with E-state index in [-0.39, 0.29) is 5.78 Å². The summed E-state index contributed by atoms with van der Waals surface area (Å²) < 4.78 is 0. The van der Waals surface area contributed by atoms with Crippen LogP contribution in [0.15, 0.2) is 29.2 Å². The van der Waals surface area contributed by atoms with Gasteiger partial charge in [0.15, 0.2) is 5.78 Å². The molecule has 1 aliphatic carbocycles. The number of rotatable bonds is 6. The number of likely N-dealkylation sites (N-methyl/N-ethyl adjacent to an activating group) is 1. The van der Waals surface area contributed by atoms with Crippen LogP contribution in [0.3, 0.4) is 0 Å². The van der Waals surface area contributed by atoms with Gasteiger partial charge in [0.1, 0.15) is 0 Å². The number of carbonyl (C=O) groups excluding carboxylic acids is 1. The third kappa shape index (κ3) is 3.33. The summed E-state index contributed by atoms with van der Waals surface area (Å²) in [5.41, 5.74) is 0.835. The zero-order valence-electron chi connectivity index (χ0n) is 10.5. The molecule has 2 nitrogen and oxygen atoms in total. The number of hydrogen-bond donors (Lipinski definition) is 0. The molecular weight excluding hydrogens is 230 g/mol. The van der Waals surface area contributed by atoms with Crippen LogP contribution in [0.2, 0.25) is 0 Å². The Balaban J connectivity index is 1.97. The molecule has 0 unspecified atom stereocenters. The molecule has 0 aliphatic heterocycles. The zero-order chi connectivity index (χ0) is 12.3. The normalized spacial score (nSPS) is 15.2. The van der Waals surface area contributed by atoms with E-state index >= 15 is 0 Å². The van der Waals surface area contributed by atoms with Crippen molar-refractivity contribution < 1.29 is 4.79 Å². The maximum absolute atomic E-state index is 12.1. The maximum Gasteiger partial charge on any atom is 0.176 e. The highest BCUT2D eigenvalue weighted by Gasteiger charge is 2.29. The van der Waals surface area contributed by atoms with E-state index in [0.717, 1.165) is 12.1 Å². The van der Waals surface area contributed by atoms with Crippen molar-refractivity contribution in [2.75, 3.05) is 19.3 Å². The van der Waals surface area contributed by atoms with Gasteiger partial charge in [-0.25, -0.2) is 0 Å². The second kappa shape index (κ2) is 5.69. The molecule has 0 N–H and O–H groups in total. The van der Waals surface area contributed by atoms with E-state index in [4.69, 9.17) is 0 Å². The maximum atomic E-state index is 12.1. The Kier molecular flexibility index (Phi) is 4.24. The van der Waals surface area contributed by atoms with Gasteiger partial charge in [-0.1, -0.05) is 19.1 Å². The first kappa shape index (κ1) is 12.7. The van der Waals surface area contributed by atoms with Gasteiger partial charge >= 0.3 is 0 Å². The SMILES string of the molecule is CCN(CC(=O)c1ccc(SC)cc1)C1CC1. The van der Waals surface area contributed by atoms with E-state index in [1.807, 2.05) is 30.5 Å². The second-order valence-corrected chi connectivity index (χ2v) is 5.33. The summed E-state index contributed by atoms with van der Waals surface area (Å²) in [5, 5.41) is 0. The van der Waals surface area contributed by atoms with Crippen molar-refractivity contribution in [2.45, 2.75) is 30.7 Å². The third-order valence-electron chi connectivity index (χ3n) is 3.23. The van der Waals surface area contributed by atoms with E-state index in [9.17, 15) is 4.79 Å². The quantitative estimate of drug-likeness (QED) is 0.571. The number of ketones is 1. The molecular formula is C14H19NOS. The van der Waals surface area contributed by atoms with Crippen molar-refractivity contribution in [1.29, 1.82) is 0 Å². The summed E-state index contributed by atoms with van der Waals surface area (Å²) in [4.78, 5) is 15.6. The van der Waals surface area contributed by atoms with Crippen molar-refractivity contribution in [3.05, 3.63) is 29.8 Å². The molecule has 3 heteroatoms. The summed E-state index contributed by atoms with van der Waals surface area (Å²) in [5.74, 6) is 0.242. The van der Waals surface area contributed by atoms with Crippen LogP contribution in [0, 0.1) is 0 Å². The lowest BCUT2D eigenvalue weighted by molar-refractivity contribution is 0.0928. The van der Waals surface area contributed by atoms with Crippen LogP contribution in [0.4, 0.5) is 0 Å². The van der Waals surface area contributed by atoms with Gasteiger partial charge in [-0.2, -0.15) is 0 Å². The molecule has 0 amide bonds. The van der Waals surface area contributed by atoms with Gasteiger partial charge in [-0.05, 0) is 37.8 Å². The average molecular weight is 249 g/mol. The fraction of sp³-hybridized carbons (Fsp3) is 0.500. The third-order valence-corrected chi connectivity index (χ3v) is 3.97. The predicted octanol–water partition coefficient (Wildman–Crippen LogP) is 3.08. The first-order chi connectivity index (χ1) is 8.24. The molecule has 92 valence electrons. The van der Waals surface area contributed by atoms with Gasteiger partial charge in [-0.3, -0.25) is 9.69 Å². The minimum Gasteiger partial charge on any atom is -0.293 e. The van der Waals surface area contributed by atoms with Crippen molar-refractivity contribution in [2.24, 2.45) is 0 Å². The summed E-state index contributed by atoms with van der Waals surface area (Å²) in [6, 6.07) is 8.58. The second-order valence-electron chi connectivity index (χ2n) is 4.45. The standard InChI is InChI=1S/C14H19NOS/c1-3-15(12-6-7-12)10-14(16)11-4-8-13(17-2)9-5-11/h4-5,8-9,12H,3,6-7,10H2,1-2H3. The van der Waals surface area contributed by atoms with Gasteiger partial charge in [0, 0.05) is 16.5 Å². The van der Waals surface area contributed by atoms with Gasteiger partial charge in [0.05, 0.1) is 6.54 Å². The van der Waals surface area contributed by atoms with E-state index < -0.39 is 0 Å². The van der Waals surface area contributed by atoms with Crippen molar-refractivity contribution in [1.82, 2.24) is 4.90 Å². The Bertz CT molecular complexity index is 384. The number of Topliss-reactive ketones (excluding diaryl/α,β-unsaturated/α-hetero) is 1. The molecule has 17 heavy (non-hydrogen) atoms. The van der Waals surface area contributed by atoms with Crippen molar-refractivity contribution in [3.8, 4) is 0 Å². The molecule has 1 aromatic carbocycles. The largest absolute Gasteiger partial charge is 0.293 e. The number of carbonyl (C=O) groups is 1. The van der Waals surface area contributed by atoms with Gasteiger partial charge < -0.3 is 0 Å². The summed E-state index contributed by atoms with van der Waals surface area (Å²) in [7, 11) is 0. The molecule has 1 saturated carbocycles. The fourth-order valence-electron chi connectivity index (χ4n) is 1.99. The topological polar surface area (TPSA) is 20.3 Å². The Hall–Kier alpha value is -0.800. The van der Waals surface area contributed by atoms with Crippen LogP contribution in [0.5, 0.6) is 0 Å². The first-order valence-corrected chi connectivity index (χ1v) is 7.38. The Morgan fingerprint density at radius 3 is 2.47 bits per heavy atom. The monoisotopic (exact) mass is 249 g/mol. The average Bonchev–Trinajstić information content (AvgIpc) is 3.20. The van der Waals surface area contributed by atoms with Crippen LogP contribution in [-0.2, 0) is 0 Å². The Labute approximate surface area is 107 Å². The molecule has 0 atom stereocenters. The molecule has 0 saturated heterocycles. The highest BCUT2D eigenvalue weighted by molar-refractivity contribution is 7.98. The zero-order valence-corrected chi connectivity index (χ0v) is 11.3. The number of benzene rings is 1. The highest BCUT2D eigenvalue weighted by Crippen LogP contribution is 2.26. The van der Waals surface area contributed by atoms with Gasteiger partial charge in [0.25, 0.3) is 0 Å². The first-order valence-electron chi connectivity index (χ1n) is 6.16. The molecule has 1 fully saturated rings. The lowest BCUT2D eigenvalue weighted by Crippen LogP contribution is -2.31. The van der Waals surface area contributed by atoms with Crippen molar-refractivity contribution >= 4 is 17.5 Å². The lowest BCUT2D eigenvalue weighted by Gasteiger charge is -2.18. The van der Waals surface area contributed by atoms with Crippen LogP contribution >= 0.6 is 11.8 Å². The lowest BCUT2D eigenvalue weighted by atomic mass is 10.1. The Morgan fingerprint density at radius 1 is 1.35 bits per heavy atom. The van der Waals surface area contributed by atoms with E-state index in [0.29, 0.717) is 12.6 Å². The Morgan fingerprint density at radius 2 is 2.00 bits per heavy atom. The minimum absolute atomic E-state index is 0.242. The molecule has 1 aliphatic rings. The number of hydrogen-bond acceptors (Lipinski definition) is 3. The van der Waals surface area contributed by atoms with E-state index in [1.165, 1.54) is 17.7 Å². The molecule has 0 radical (unpaired) electrons. The molecule has 0 spiro atoms. The minimum atomic E-state index is 0.242. The fourth-order valence-corrected chi connectivity index (χ4v) is 2.40. The summed E-state index contributed by atoms with van der Waals surface area (Å²) in [6.07, 6.45) is 4.56. The highest BCUT2D eigenvalue weighted by atomic mass is 32.2. The molecule has 1 aromatic rings. The summed E-state index contributed by atoms with van der Waals surface area (Å²) in [6.45, 7) is 3.67. The van der Waals surface area contributed by atoms with Crippen molar-refractivity contribution in [3.63, 3.8) is 0 Å². The van der Waals surface area contributed by atoms with Crippen LogP contribution < -0.4 is 0 Å². The van der Waals surface area contributed by atoms with Crippen LogP contribution in [-0.4, -0.2) is 36.1 Å². The smallest absolute Gasteiger partial charge is 0.176 e. The van der Waals surface area contributed by atoms with E-state index in [2.05, 4.69) is 11.8 Å². The molecule has 0 aromatic heterocycles. The predicted molar refractivity (Wildman–Crippen MR) is 72.8 cm³/mol. The van der Waals surface area contributed by atoms with E-state index in [1.54, 1.807) is 11.8 Å². The van der Waals surface area contributed by atoms with Crippen LogP contribution in [0.25, 0.3) is 0 Å². The van der Waals surface area contributed by atoms with Gasteiger partial charge in [0.2, 0.25) is 0 Å². The molecule has 0 heterocycles. The van der Waals surface area contributed by atoms with Crippen LogP contribution in [0.1, 0.15) is 30.1 Å². The van der Waals surface area contributed by atoms with Gasteiger partial charge in [-0.15, -0.1) is 11.8 Å². The number of thioether (sulfide) groups is 1. The molecule has 0 bridgehead atoms.